The Kier molecular flexibility index (Phi) is 3.91. The minimum absolute atomic E-state index is 0.441. The average molecular weight is 255 g/mol. The maximum absolute atomic E-state index is 10.6. The first-order valence-electron chi connectivity index (χ1n) is 5.43. The summed E-state index contributed by atoms with van der Waals surface area (Å²) in [6, 6.07) is 13.7. The lowest BCUT2D eigenvalue weighted by Gasteiger charge is -2.14. The van der Waals surface area contributed by atoms with Crippen molar-refractivity contribution in [1.29, 1.82) is 0 Å². The number of aliphatic carboxylic acids is 1. The second-order valence-corrected chi connectivity index (χ2v) is 4.04. The normalized spacial score (nSPS) is 12.9. The summed E-state index contributed by atoms with van der Waals surface area (Å²) < 4.78 is 5.15. The van der Waals surface area contributed by atoms with Crippen LogP contribution >= 0.6 is 0 Å². The van der Waals surface area contributed by atoms with Crippen molar-refractivity contribution in [3.63, 3.8) is 0 Å². The van der Waals surface area contributed by atoms with Gasteiger partial charge in [-0.1, -0.05) is 42.5 Å². The van der Waals surface area contributed by atoms with Crippen molar-refractivity contribution in [1.82, 2.24) is 0 Å². The van der Waals surface area contributed by atoms with Crippen molar-refractivity contribution in [3.05, 3.63) is 60.2 Å². The summed E-state index contributed by atoms with van der Waals surface area (Å²) in [7, 11) is 3.00. The second kappa shape index (κ2) is 5.62. The third-order valence-corrected chi connectivity index (χ3v) is 2.92. The zero-order chi connectivity index (χ0) is 13.0. The van der Waals surface area contributed by atoms with Crippen LogP contribution in [0.2, 0.25) is 0 Å². The Hall–Kier alpha value is -1.91. The quantitative estimate of drug-likeness (QED) is 0.675. The van der Waals surface area contributed by atoms with Crippen molar-refractivity contribution in [2.45, 2.75) is 6.10 Å². The molecule has 2 rings (SSSR count). The standard InChI is InChI=1S/C14H11O3Si/c15-14(16)9-8-13(17-18)12-7-3-5-10-4-1-2-6-11(10)12/h1-9,13H,(H,15,16). The van der Waals surface area contributed by atoms with Gasteiger partial charge >= 0.3 is 5.97 Å². The Morgan fingerprint density at radius 3 is 2.67 bits per heavy atom. The molecule has 2 aromatic carbocycles. The van der Waals surface area contributed by atoms with Crippen molar-refractivity contribution >= 4 is 27.2 Å². The van der Waals surface area contributed by atoms with Gasteiger partial charge in [0.1, 0.15) is 0 Å². The van der Waals surface area contributed by atoms with Gasteiger partial charge in [0.2, 0.25) is 10.5 Å². The first kappa shape index (κ1) is 12.5. The van der Waals surface area contributed by atoms with Crippen LogP contribution in [0.5, 0.6) is 0 Å². The van der Waals surface area contributed by atoms with Crippen LogP contribution in [0.4, 0.5) is 0 Å². The lowest BCUT2D eigenvalue weighted by Crippen LogP contribution is -2.01. The molecule has 4 heteroatoms. The molecule has 1 N–H and O–H groups in total. The van der Waals surface area contributed by atoms with Gasteiger partial charge in [0.25, 0.3) is 0 Å². The maximum atomic E-state index is 10.6. The molecule has 0 saturated carbocycles. The molecule has 3 nitrogen and oxygen atoms in total. The van der Waals surface area contributed by atoms with Crippen LogP contribution in [0.3, 0.4) is 0 Å². The highest BCUT2D eigenvalue weighted by molar-refractivity contribution is 5.98. The zero-order valence-electron chi connectivity index (χ0n) is 9.54. The summed E-state index contributed by atoms with van der Waals surface area (Å²) >= 11 is 0. The number of carboxylic acids is 1. The molecule has 0 aromatic heterocycles. The molecule has 0 aliphatic rings. The maximum Gasteiger partial charge on any atom is 0.328 e. The van der Waals surface area contributed by atoms with Crippen molar-refractivity contribution in [2.75, 3.05) is 0 Å². The molecule has 0 spiro atoms. The molecule has 89 valence electrons. The third-order valence-electron chi connectivity index (χ3n) is 2.67. The van der Waals surface area contributed by atoms with Gasteiger partial charge < -0.3 is 9.53 Å². The average Bonchev–Trinajstić information content (AvgIpc) is 2.39. The summed E-state index contributed by atoms with van der Waals surface area (Å²) in [6.07, 6.45) is 2.13. The molecule has 0 saturated heterocycles. The third kappa shape index (κ3) is 2.67. The fourth-order valence-corrected chi connectivity index (χ4v) is 2.08. The predicted octanol–water partition coefficient (Wildman–Crippen LogP) is 2.62. The Balaban J connectivity index is 2.48. The molecular weight excluding hydrogens is 244 g/mol. The predicted molar refractivity (Wildman–Crippen MR) is 70.3 cm³/mol. The van der Waals surface area contributed by atoms with Gasteiger partial charge in [-0.3, -0.25) is 0 Å². The van der Waals surface area contributed by atoms with Crippen molar-refractivity contribution in [3.8, 4) is 0 Å². The van der Waals surface area contributed by atoms with E-state index in [1.165, 1.54) is 6.08 Å². The number of carboxylic acid groups (broad SMARTS) is 1. The highest BCUT2D eigenvalue weighted by Gasteiger charge is 2.10. The van der Waals surface area contributed by atoms with E-state index < -0.39 is 12.1 Å². The highest BCUT2D eigenvalue weighted by Crippen LogP contribution is 2.26. The summed E-state index contributed by atoms with van der Waals surface area (Å²) in [5.41, 5.74) is 0.917. The number of fused-ring (bicyclic) bond motifs is 1. The lowest BCUT2D eigenvalue weighted by atomic mass is 10.0. The van der Waals surface area contributed by atoms with Crippen molar-refractivity contribution in [2.24, 2.45) is 0 Å². The van der Waals surface area contributed by atoms with Gasteiger partial charge in [0, 0.05) is 6.08 Å². The largest absolute Gasteiger partial charge is 0.478 e. The molecule has 18 heavy (non-hydrogen) atoms. The second-order valence-electron chi connectivity index (χ2n) is 3.80. The molecule has 0 fully saturated rings. The van der Waals surface area contributed by atoms with Gasteiger partial charge in [-0.2, -0.15) is 0 Å². The molecule has 1 unspecified atom stereocenters. The number of rotatable bonds is 4. The highest BCUT2D eigenvalue weighted by atomic mass is 28.2. The number of benzene rings is 2. The molecule has 2 aromatic rings. The van der Waals surface area contributed by atoms with E-state index in [-0.39, 0.29) is 0 Å². The van der Waals surface area contributed by atoms with E-state index in [2.05, 4.69) is 10.5 Å². The van der Waals surface area contributed by atoms with E-state index in [4.69, 9.17) is 9.53 Å². The van der Waals surface area contributed by atoms with Gasteiger partial charge in [-0.25, -0.2) is 4.79 Å². The van der Waals surface area contributed by atoms with Crippen LogP contribution in [0.15, 0.2) is 54.6 Å². The summed E-state index contributed by atoms with van der Waals surface area (Å²) in [6.45, 7) is 0. The molecule has 0 amide bonds. The minimum Gasteiger partial charge on any atom is -0.478 e. The van der Waals surface area contributed by atoms with E-state index in [9.17, 15) is 4.79 Å². The number of carbonyl (C=O) groups is 1. The Bertz CT molecular complexity index is 587. The van der Waals surface area contributed by atoms with E-state index in [1.807, 2.05) is 42.5 Å². The lowest BCUT2D eigenvalue weighted by molar-refractivity contribution is -0.131. The topological polar surface area (TPSA) is 46.5 Å². The van der Waals surface area contributed by atoms with E-state index >= 15 is 0 Å². The monoisotopic (exact) mass is 255 g/mol. The molecule has 0 aliphatic carbocycles. The van der Waals surface area contributed by atoms with Crippen LogP contribution in [0.1, 0.15) is 11.7 Å². The van der Waals surface area contributed by atoms with E-state index in [0.717, 1.165) is 22.4 Å². The van der Waals surface area contributed by atoms with Crippen LogP contribution in [-0.2, 0) is 9.22 Å². The first-order valence-corrected chi connectivity index (χ1v) is 5.84. The molecule has 3 radical (unpaired) electrons. The molecular formula is C14H11O3Si. The molecule has 0 bridgehead atoms. The van der Waals surface area contributed by atoms with Gasteiger partial charge in [-0.15, -0.1) is 0 Å². The van der Waals surface area contributed by atoms with Crippen LogP contribution in [0, 0.1) is 0 Å². The van der Waals surface area contributed by atoms with Crippen molar-refractivity contribution < 1.29 is 14.3 Å². The fourth-order valence-electron chi connectivity index (χ4n) is 1.87. The van der Waals surface area contributed by atoms with Gasteiger partial charge in [0.15, 0.2) is 0 Å². The Morgan fingerprint density at radius 2 is 1.94 bits per heavy atom. The van der Waals surface area contributed by atoms with Gasteiger partial charge in [0.05, 0.1) is 6.10 Å². The van der Waals surface area contributed by atoms with Crippen LogP contribution in [0.25, 0.3) is 10.8 Å². The fraction of sp³-hybridized carbons (Fsp3) is 0.0714. The molecule has 0 heterocycles. The SMILES string of the molecule is O=C(O)C=CC(O[Si])c1cccc2ccccc12. The summed E-state index contributed by atoms with van der Waals surface area (Å²) in [4.78, 5) is 10.6. The smallest absolute Gasteiger partial charge is 0.328 e. The van der Waals surface area contributed by atoms with E-state index in [1.54, 1.807) is 0 Å². The summed E-state index contributed by atoms with van der Waals surface area (Å²) in [5, 5.41) is 10.8. The summed E-state index contributed by atoms with van der Waals surface area (Å²) in [5.74, 6) is -0.996. The molecule has 1 atom stereocenters. The van der Waals surface area contributed by atoms with Crippen LogP contribution in [-0.4, -0.2) is 21.6 Å². The number of hydrogen-bond donors (Lipinski definition) is 1. The Morgan fingerprint density at radius 1 is 1.22 bits per heavy atom. The minimum atomic E-state index is -0.996. The van der Waals surface area contributed by atoms with E-state index in [0.29, 0.717) is 0 Å². The van der Waals surface area contributed by atoms with Crippen LogP contribution < -0.4 is 0 Å². The zero-order valence-corrected chi connectivity index (χ0v) is 10.5. The Labute approximate surface area is 108 Å². The van der Waals surface area contributed by atoms with Gasteiger partial charge in [-0.05, 0) is 22.4 Å². The first-order chi connectivity index (χ1) is 8.72. The molecule has 0 aliphatic heterocycles. The number of hydrogen-bond acceptors (Lipinski definition) is 2.